The Hall–Kier alpha value is -1.88. The van der Waals surface area contributed by atoms with Crippen LogP contribution in [0.4, 0.5) is 0 Å². The molecular formula is C11H8N2O2S. The molecule has 0 radical (unpaired) electrons. The molecule has 5 heteroatoms. The van der Waals surface area contributed by atoms with E-state index < -0.39 is 0 Å². The maximum Gasteiger partial charge on any atom is 0.269 e. The van der Waals surface area contributed by atoms with Gasteiger partial charge >= 0.3 is 0 Å². The second kappa shape index (κ2) is 3.31. The van der Waals surface area contributed by atoms with Crippen molar-refractivity contribution in [1.82, 2.24) is 9.38 Å². The molecule has 1 aromatic carbocycles. The molecular weight excluding hydrogens is 224 g/mol. The highest BCUT2D eigenvalue weighted by atomic mass is 32.1. The van der Waals surface area contributed by atoms with Crippen LogP contribution in [0.5, 0.6) is 5.88 Å². The van der Waals surface area contributed by atoms with Gasteiger partial charge in [-0.25, -0.2) is 9.38 Å². The normalized spacial score (nSPS) is 11.1. The predicted molar refractivity (Wildman–Crippen MR) is 63.4 cm³/mol. The van der Waals surface area contributed by atoms with Gasteiger partial charge in [0.25, 0.3) is 5.56 Å². The zero-order chi connectivity index (χ0) is 11.1. The van der Waals surface area contributed by atoms with E-state index in [9.17, 15) is 4.79 Å². The summed E-state index contributed by atoms with van der Waals surface area (Å²) >= 11 is 1.39. The summed E-state index contributed by atoms with van der Waals surface area (Å²) in [6.45, 7) is 0. The SMILES string of the molecule is COc1csc2nc3ccccc3c(=O)n12. The van der Waals surface area contributed by atoms with Crippen LogP contribution in [0.1, 0.15) is 0 Å². The van der Waals surface area contributed by atoms with Crippen molar-refractivity contribution in [2.24, 2.45) is 0 Å². The van der Waals surface area contributed by atoms with Crippen molar-refractivity contribution >= 4 is 27.2 Å². The van der Waals surface area contributed by atoms with Gasteiger partial charge in [0.05, 0.1) is 23.4 Å². The van der Waals surface area contributed by atoms with Crippen LogP contribution in [-0.2, 0) is 0 Å². The van der Waals surface area contributed by atoms with Crippen molar-refractivity contribution in [3.05, 3.63) is 40.0 Å². The zero-order valence-corrected chi connectivity index (χ0v) is 9.32. The molecule has 0 saturated carbocycles. The maximum atomic E-state index is 12.2. The first-order valence-corrected chi connectivity index (χ1v) is 5.62. The number of benzene rings is 1. The van der Waals surface area contributed by atoms with E-state index in [2.05, 4.69) is 4.98 Å². The van der Waals surface area contributed by atoms with Crippen molar-refractivity contribution in [3.63, 3.8) is 0 Å². The molecule has 0 atom stereocenters. The van der Waals surface area contributed by atoms with E-state index >= 15 is 0 Å². The van der Waals surface area contributed by atoms with Gasteiger partial charge in [-0.2, -0.15) is 0 Å². The van der Waals surface area contributed by atoms with Gasteiger partial charge in [-0.3, -0.25) is 4.79 Å². The third-order valence-corrected chi connectivity index (χ3v) is 3.24. The van der Waals surface area contributed by atoms with Crippen molar-refractivity contribution in [2.45, 2.75) is 0 Å². The van der Waals surface area contributed by atoms with Gasteiger partial charge in [0.2, 0.25) is 5.88 Å². The molecule has 0 amide bonds. The summed E-state index contributed by atoms with van der Waals surface area (Å²) in [4.78, 5) is 17.2. The molecule has 0 saturated heterocycles. The third-order valence-electron chi connectivity index (χ3n) is 2.44. The molecule has 2 aromatic heterocycles. The fourth-order valence-corrected chi connectivity index (χ4v) is 2.52. The van der Waals surface area contributed by atoms with Crippen LogP contribution in [0, 0.1) is 0 Å². The summed E-state index contributed by atoms with van der Waals surface area (Å²) in [6, 6.07) is 7.31. The lowest BCUT2D eigenvalue weighted by molar-refractivity contribution is 0.393. The van der Waals surface area contributed by atoms with Gasteiger partial charge < -0.3 is 4.74 Å². The quantitative estimate of drug-likeness (QED) is 0.643. The number of aromatic nitrogens is 2. The Balaban J connectivity index is 2.59. The fraction of sp³-hybridized carbons (Fsp3) is 0.0909. The second-order valence-corrected chi connectivity index (χ2v) is 4.17. The van der Waals surface area contributed by atoms with Crippen LogP contribution in [0.2, 0.25) is 0 Å². The van der Waals surface area contributed by atoms with Crippen LogP contribution < -0.4 is 10.3 Å². The molecule has 0 unspecified atom stereocenters. The Morgan fingerprint density at radius 3 is 3.00 bits per heavy atom. The lowest BCUT2D eigenvalue weighted by Crippen LogP contribution is -2.14. The number of nitrogens with zero attached hydrogens (tertiary/aromatic N) is 2. The molecule has 80 valence electrons. The van der Waals surface area contributed by atoms with Gasteiger partial charge in [0, 0.05) is 0 Å². The zero-order valence-electron chi connectivity index (χ0n) is 8.51. The number of para-hydroxylation sites is 1. The summed E-state index contributed by atoms with van der Waals surface area (Å²) in [5.41, 5.74) is 0.635. The van der Waals surface area contributed by atoms with Crippen molar-refractivity contribution in [2.75, 3.05) is 7.11 Å². The first kappa shape index (κ1) is 9.35. The average molecular weight is 232 g/mol. The topological polar surface area (TPSA) is 43.6 Å². The molecule has 4 nitrogen and oxygen atoms in total. The van der Waals surface area contributed by atoms with Crippen molar-refractivity contribution in [1.29, 1.82) is 0 Å². The highest BCUT2D eigenvalue weighted by molar-refractivity contribution is 7.15. The second-order valence-electron chi connectivity index (χ2n) is 3.33. The molecule has 2 heterocycles. The lowest BCUT2D eigenvalue weighted by atomic mass is 10.2. The van der Waals surface area contributed by atoms with Gasteiger partial charge in [-0.15, -0.1) is 11.3 Å². The first-order valence-electron chi connectivity index (χ1n) is 4.74. The van der Waals surface area contributed by atoms with Crippen molar-refractivity contribution < 1.29 is 4.74 Å². The number of thiazole rings is 1. The number of hydrogen-bond donors (Lipinski definition) is 0. The Kier molecular flexibility index (Phi) is 1.94. The van der Waals surface area contributed by atoms with Crippen LogP contribution in [0.15, 0.2) is 34.4 Å². The molecule has 0 aliphatic carbocycles. The number of ether oxygens (including phenoxy) is 1. The fourth-order valence-electron chi connectivity index (χ4n) is 1.68. The van der Waals surface area contributed by atoms with E-state index in [4.69, 9.17) is 4.74 Å². The van der Waals surface area contributed by atoms with Crippen LogP contribution >= 0.6 is 11.3 Å². The Labute approximate surface area is 94.7 Å². The average Bonchev–Trinajstić information content (AvgIpc) is 2.72. The Morgan fingerprint density at radius 2 is 2.19 bits per heavy atom. The van der Waals surface area contributed by atoms with E-state index in [1.54, 1.807) is 18.6 Å². The number of hydrogen-bond acceptors (Lipinski definition) is 4. The van der Waals surface area contributed by atoms with E-state index in [0.717, 1.165) is 5.52 Å². The molecule has 0 fully saturated rings. The maximum absolute atomic E-state index is 12.2. The van der Waals surface area contributed by atoms with Crippen LogP contribution in [0.25, 0.3) is 15.9 Å². The smallest absolute Gasteiger partial charge is 0.269 e. The number of methoxy groups -OCH3 is 1. The first-order chi connectivity index (χ1) is 7.81. The molecule has 0 spiro atoms. The van der Waals surface area contributed by atoms with Crippen LogP contribution in [-0.4, -0.2) is 16.5 Å². The van der Waals surface area contributed by atoms with Crippen LogP contribution in [0.3, 0.4) is 0 Å². The summed E-state index contributed by atoms with van der Waals surface area (Å²) in [7, 11) is 1.54. The third kappa shape index (κ3) is 1.15. The minimum Gasteiger partial charge on any atom is -0.481 e. The van der Waals surface area contributed by atoms with E-state index in [1.807, 2.05) is 18.2 Å². The number of rotatable bonds is 1. The molecule has 0 N–H and O–H groups in total. The lowest BCUT2D eigenvalue weighted by Gasteiger charge is -2.00. The van der Waals surface area contributed by atoms with E-state index in [1.165, 1.54) is 15.7 Å². The highest BCUT2D eigenvalue weighted by Gasteiger charge is 2.10. The van der Waals surface area contributed by atoms with Gasteiger partial charge in [-0.1, -0.05) is 12.1 Å². The number of fused-ring (bicyclic) bond motifs is 2. The molecule has 0 bridgehead atoms. The predicted octanol–water partition coefficient (Wildman–Crippen LogP) is 1.92. The molecule has 0 aliphatic rings. The highest BCUT2D eigenvalue weighted by Crippen LogP contribution is 2.20. The molecule has 16 heavy (non-hydrogen) atoms. The van der Waals surface area contributed by atoms with Gasteiger partial charge in [0.15, 0.2) is 4.96 Å². The Morgan fingerprint density at radius 1 is 1.38 bits per heavy atom. The Bertz CT molecular complexity index is 730. The van der Waals surface area contributed by atoms with Gasteiger partial charge in [0.1, 0.15) is 0 Å². The van der Waals surface area contributed by atoms with Crippen molar-refractivity contribution in [3.8, 4) is 5.88 Å². The minimum atomic E-state index is -0.0845. The summed E-state index contributed by atoms with van der Waals surface area (Å²) < 4.78 is 6.62. The monoisotopic (exact) mass is 232 g/mol. The van der Waals surface area contributed by atoms with E-state index in [0.29, 0.717) is 16.2 Å². The summed E-state index contributed by atoms with van der Waals surface area (Å²) in [5, 5.41) is 2.39. The largest absolute Gasteiger partial charge is 0.481 e. The molecule has 3 rings (SSSR count). The summed E-state index contributed by atoms with van der Waals surface area (Å²) in [6.07, 6.45) is 0. The minimum absolute atomic E-state index is 0.0845. The van der Waals surface area contributed by atoms with E-state index in [-0.39, 0.29) is 5.56 Å². The molecule has 3 aromatic rings. The standard InChI is InChI=1S/C11H8N2O2S/c1-15-9-6-16-11-12-8-5-3-2-4-7(8)10(14)13(9)11/h2-6H,1H3. The molecule has 0 aliphatic heterocycles. The summed E-state index contributed by atoms with van der Waals surface area (Å²) in [5.74, 6) is 0.531. The van der Waals surface area contributed by atoms with Gasteiger partial charge in [-0.05, 0) is 12.1 Å².